The number of likely N-dealkylation sites (tertiary alicyclic amines) is 1. The lowest BCUT2D eigenvalue weighted by Gasteiger charge is -2.21. The van der Waals surface area contributed by atoms with E-state index in [9.17, 15) is 9.59 Å². The quantitative estimate of drug-likeness (QED) is 0.772. The number of carboxylic acid groups (broad SMARTS) is 1. The number of aryl methyl sites for hydroxylation is 1. The summed E-state index contributed by atoms with van der Waals surface area (Å²) in [5.74, 6) is -1.20. The van der Waals surface area contributed by atoms with Gasteiger partial charge in [0.15, 0.2) is 0 Å². The van der Waals surface area contributed by atoms with Crippen molar-refractivity contribution in [1.82, 2.24) is 14.7 Å². The zero-order valence-corrected chi connectivity index (χ0v) is 8.96. The van der Waals surface area contributed by atoms with Gasteiger partial charge in [0.25, 0.3) is 5.91 Å². The molecule has 1 fully saturated rings. The highest BCUT2D eigenvalue weighted by Crippen LogP contribution is 2.19. The van der Waals surface area contributed by atoms with E-state index in [4.69, 9.17) is 5.11 Å². The topological polar surface area (TPSA) is 75.4 Å². The van der Waals surface area contributed by atoms with Gasteiger partial charge in [-0.2, -0.15) is 5.10 Å². The molecular formula is C10H13N3O3. The van der Waals surface area contributed by atoms with Gasteiger partial charge in [-0.05, 0) is 18.9 Å². The van der Waals surface area contributed by atoms with Crippen LogP contribution in [0.1, 0.15) is 23.3 Å². The maximum atomic E-state index is 12.0. The lowest BCUT2D eigenvalue weighted by Crippen LogP contribution is -2.41. The molecule has 2 heterocycles. The molecule has 0 radical (unpaired) electrons. The summed E-state index contributed by atoms with van der Waals surface area (Å²) in [4.78, 5) is 24.4. The minimum atomic E-state index is -0.937. The van der Waals surface area contributed by atoms with Gasteiger partial charge in [0.2, 0.25) is 0 Å². The Morgan fingerprint density at radius 3 is 2.88 bits per heavy atom. The lowest BCUT2D eigenvalue weighted by molar-refractivity contribution is -0.141. The molecule has 1 N–H and O–H groups in total. The van der Waals surface area contributed by atoms with Crippen LogP contribution in [0.3, 0.4) is 0 Å². The molecule has 86 valence electrons. The van der Waals surface area contributed by atoms with E-state index >= 15 is 0 Å². The second-order valence-corrected chi connectivity index (χ2v) is 3.83. The van der Waals surface area contributed by atoms with Gasteiger partial charge < -0.3 is 10.0 Å². The summed E-state index contributed by atoms with van der Waals surface area (Å²) in [5, 5.41) is 12.9. The average Bonchev–Trinajstić information content (AvgIpc) is 2.84. The molecule has 1 unspecified atom stereocenters. The smallest absolute Gasteiger partial charge is 0.326 e. The zero-order valence-electron chi connectivity index (χ0n) is 8.96. The molecule has 6 nitrogen and oxygen atoms in total. The number of nitrogens with zero attached hydrogens (tertiary/aromatic N) is 3. The minimum Gasteiger partial charge on any atom is -0.480 e. The van der Waals surface area contributed by atoms with E-state index in [1.165, 1.54) is 15.8 Å². The molecule has 0 spiro atoms. The number of carbonyl (C=O) groups excluding carboxylic acids is 1. The first kappa shape index (κ1) is 10.7. The first-order valence-electron chi connectivity index (χ1n) is 5.13. The van der Waals surface area contributed by atoms with Crippen molar-refractivity contribution in [3.05, 3.63) is 18.0 Å². The summed E-state index contributed by atoms with van der Waals surface area (Å²) < 4.78 is 1.46. The van der Waals surface area contributed by atoms with Crippen LogP contribution in [0.25, 0.3) is 0 Å². The SMILES string of the molecule is Cn1nccc1C(=O)N1CCCC1C(=O)O. The molecule has 1 aromatic rings. The maximum absolute atomic E-state index is 12.0. The molecule has 1 atom stereocenters. The fourth-order valence-corrected chi connectivity index (χ4v) is 2.00. The van der Waals surface area contributed by atoms with Crippen LogP contribution in [0, 0.1) is 0 Å². The van der Waals surface area contributed by atoms with Crippen LogP contribution < -0.4 is 0 Å². The number of aromatic nitrogens is 2. The van der Waals surface area contributed by atoms with Crippen molar-refractivity contribution < 1.29 is 14.7 Å². The van der Waals surface area contributed by atoms with E-state index in [1.54, 1.807) is 13.1 Å². The van der Waals surface area contributed by atoms with Crippen LogP contribution in [0.4, 0.5) is 0 Å². The molecule has 0 bridgehead atoms. The van der Waals surface area contributed by atoms with Crippen LogP contribution in [-0.4, -0.2) is 44.3 Å². The van der Waals surface area contributed by atoms with Crippen molar-refractivity contribution in [3.8, 4) is 0 Å². The third kappa shape index (κ3) is 1.66. The average molecular weight is 223 g/mol. The number of carbonyl (C=O) groups is 2. The van der Waals surface area contributed by atoms with Crippen molar-refractivity contribution in [3.63, 3.8) is 0 Å². The van der Waals surface area contributed by atoms with Crippen LogP contribution in [0.2, 0.25) is 0 Å². The standard InChI is InChI=1S/C10H13N3O3/c1-12-7(4-5-11-12)9(14)13-6-2-3-8(13)10(15)16/h4-5,8H,2-3,6H2,1H3,(H,15,16). The zero-order chi connectivity index (χ0) is 11.7. The number of hydrogen-bond donors (Lipinski definition) is 1. The highest BCUT2D eigenvalue weighted by molar-refractivity contribution is 5.95. The molecule has 6 heteroatoms. The van der Waals surface area contributed by atoms with Crippen molar-refractivity contribution in [2.24, 2.45) is 7.05 Å². The summed E-state index contributed by atoms with van der Waals surface area (Å²) in [6.07, 6.45) is 2.79. The normalized spacial score (nSPS) is 20.1. The predicted octanol–water partition coefficient (Wildman–Crippen LogP) is 0.109. The fourth-order valence-electron chi connectivity index (χ4n) is 2.00. The van der Waals surface area contributed by atoms with Gasteiger partial charge >= 0.3 is 5.97 Å². The first-order valence-corrected chi connectivity index (χ1v) is 5.13. The Balaban J connectivity index is 2.22. The third-order valence-corrected chi connectivity index (χ3v) is 2.84. The monoisotopic (exact) mass is 223 g/mol. The summed E-state index contributed by atoms with van der Waals surface area (Å²) in [7, 11) is 1.67. The number of carboxylic acids is 1. The third-order valence-electron chi connectivity index (χ3n) is 2.84. The van der Waals surface area contributed by atoms with Crippen LogP contribution >= 0.6 is 0 Å². The number of aliphatic carboxylic acids is 1. The summed E-state index contributed by atoms with van der Waals surface area (Å²) >= 11 is 0. The molecule has 1 aliphatic heterocycles. The Hall–Kier alpha value is -1.85. The Morgan fingerprint density at radius 2 is 2.31 bits per heavy atom. The fraction of sp³-hybridized carbons (Fsp3) is 0.500. The molecule has 0 aromatic carbocycles. The second-order valence-electron chi connectivity index (χ2n) is 3.83. The van der Waals surface area contributed by atoms with Crippen LogP contribution in [0.15, 0.2) is 12.3 Å². The molecule has 1 aliphatic rings. The number of amides is 1. The predicted molar refractivity (Wildman–Crippen MR) is 54.9 cm³/mol. The molecule has 1 saturated heterocycles. The van der Waals surface area contributed by atoms with Crippen LogP contribution in [-0.2, 0) is 11.8 Å². The molecule has 2 rings (SSSR count). The number of rotatable bonds is 2. The Morgan fingerprint density at radius 1 is 1.56 bits per heavy atom. The van der Waals surface area contributed by atoms with E-state index in [0.29, 0.717) is 18.7 Å². The molecule has 1 aromatic heterocycles. The van der Waals surface area contributed by atoms with Gasteiger partial charge in [0.1, 0.15) is 11.7 Å². The Kier molecular flexibility index (Phi) is 2.64. The van der Waals surface area contributed by atoms with Gasteiger partial charge in [-0.1, -0.05) is 0 Å². The highest BCUT2D eigenvalue weighted by atomic mass is 16.4. The van der Waals surface area contributed by atoms with Crippen molar-refractivity contribution in [2.75, 3.05) is 6.54 Å². The van der Waals surface area contributed by atoms with E-state index < -0.39 is 12.0 Å². The summed E-state index contributed by atoms with van der Waals surface area (Å²) in [5.41, 5.74) is 0.424. The van der Waals surface area contributed by atoms with Crippen molar-refractivity contribution >= 4 is 11.9 Å². The molecule has 0 saturated carbocycles. The van der Waals surface area contributed by atoms with Gasteiger partial charge in [0.05, 0.1) is 0 Å². The Labute approximate surface area is 92.5 Å². The Bertz CT molecular complexity index is 427. The summed E-state index contributed by atoms with van der Waals surface area (Å²) in [6.45, 7) is 0.501. The van der Waals surface area contributed by atoms with E-state index in [1.807, 2.05) is 0 Å². The lowest BCUT2D eigenvalue weighted by atomic mass is 10.2. The van der Waals surface area contributed by atoms with Gasteiger partial charge in [-0.25, -0.2) is 4.79 Å². The molecule has 0 aliphatic carbocycles. The van der Waals surface area contributed by atoms with Gasteiger partial charge in [0, 0.05) is 19.8 Å². The van der Waals surface area contributed by atoms with E-state index in [-0.39, 0.29) is 5.91 Å². The number of hydrogen-bond acceptors (Lipinski definition) is 3. The minimum absolute atomic E-state index is 0.259. The highest BCUT2D eigenvalue weighted by Gasteiger charge is 2.35. The first-order chi connectivity index (χ1) is 7.61. The van der Waals surface area contributed by atoms with Crippen molar-refractivity contribution in [2.45, 2.75) is 18.9 Å². The summed E-state index contributed by atoms with van der Waals surface area (Å²) in [6, 6.07) is 0.905. The van der Waals surface area contributed by atoms with Gasteiger partial charge in [-0.15, -0.1) is 0 Å². The van der Waals surface area contributed by atoms with Gasteiger partial charge in [-0.3, -0.25) is 9.48 Å². The maximum Gasteiger partial charge on any atom is 0.326 e. The largest absolute Gasteiger partial charge is 0.480 e. The second kappa shape index (κ2) is 3.96. The van der Waals surface area contributed by atoms with E-state index in [0.717, 1.165) is 6.42 Å². The molecule has 16 heavy (non-hydrogen) atoms. The molecule has 1 amide bonds. The van der Waals surface area contributed by atoms with E-state index in [2.05, 4.69) is 5.10 Å². The van der Waals surface area contributed by atoms with Crippen molar-refractivity contribution in [1.29, 1.82) is 0 Å². The molecular weight excluding hydrogens is 210 g/mol. The van der Waals surface area contributed by atoms with Crippen LogP contribution in [0.5, 0.6) is 0 Å².